The van der Waals surface area contributed by atoms with Crippen LogP contribution in [0.4, 0.5) is 17.6 Å². The molecule has 0 bridgehead atoms. The Morgan fingerprint density at radius 3 is 2.62 bits per heavy atom. The Morgan fingerprint density at radius 2 is 1.95 bits per heavy atom. The molecule has 2 aromatic carbocycles. The fourth-order valence-corrected chi connectivity index (χ4v) is 4.03. The van der Waals surface area contributed by atoms with Crippen LogP contribution in [0.15, 0.2) is 47.0 Å². The van der Waals surface area contributed by atoms with Crippen LogP contribution < -0.4 is 14.2 Å². The fourth-order valence-electron chi connectivity index (χ4n) is 4.03. The maximum atomic E-state index is 14.6. The van der Waals surface area contributed by atoms with Gasteiger partial charge in [-0.25, -0.2) is 4.39 Å². The van der Waals surface area contributed by atoms with Gasteiger partial charge in [-0.05, 0) is 60.6 Å². The van der Waals surface area contributed by atoms with Crippen LogP contribution in [0.1, 0.15) is 42.9 Å². The van der Waals surface area contributed by atoms with Crippen LogP contribution >= 0.6 is 0 Å². The quantitative estimate of drug-likeness (QED) is 0.276. The van der Waals surface area contributed by atoms with Gasteiger partial charge in [0.15, 0.2) is 11.4 Å². The predicted molar refractivity (Wildman–Crippen MR) is 123 cm³/mol. The minimum atomic E-state index is -4.45. The van der Waals surface area contributed by atoms with Crippen LogP contribution in [-0.2, 0) is 11.4 Å². The summed E-state index contributed by atoms with van der Waals surface area (Å²) in [5.41, 5.74) is 0.764. The molecule has 0 aliphatic heterocycles. The highest BCUT2D eigenvalue weighted by molar-refractivity contribution is 5.68. The zero-order valence-electron chi connectivity index (χ0n) is 19.9. The highest BCUT2D eigenvalue weighted by Gasteiger charge is 2.34. The molecule has 4 rings (SSSR count). The van der Waals surface area contributed by atoms with E-state index in [0.29, 0.717) is 17.4 Å². The first-order valence-corrected chi connectivity index (χ1v) is 11.6. The lowest BCUT2D eigenvalue weighted by Crippen LogP contribution is -2.13. The number of ether oxygens (including phenoxy) is 3. The molecule has 1 saturated carbocycles. The summed E-state index contributed by atoms with van der Waals surface area (Å²) in [5.74, 6) is -1.09. The van der Waals surface area contributed by atoms with E-state index in [-0.39, 0.29) is 41.7 Å². The van der Waals surface area contributed by atoms with Gasteiger partial charge in [-0.3, -0.25) is 4.79 Å². The van der Waals surface area contributed by atoms with Crippen molar-refractivity contribution in [3.63, 3.8) is 0 Å². The van der Waals surface area contributed by atoms with Crippen LogP contribution in [0, 0.1) is 11.7 Å². The van der Waals surface area contributed by atoms with E-state index >= 15 is 0 Å². The van der Waals surface area contributed by atoms with E-state index in [2.05, 4.69) is 5.16 Å². The van der Waals surface area contributed by atoms with Gasteiger partial charge in [0, 0.05) is 0 Å². The van der Waals surface area contributed by atoms with Crippen molar-refractivity contribution in [1.82, 2.24) is 5.16 Å². The number of methoxy groups -OCH3 is 1. The number of rotatable bonds is 12. The molecule has 1 atom stereocenters. The Morgan fingerprint density at radius 1 is 1.16 bits per heavy atom. The number of nitrogens with zero attached hydrogens (tertiary/aromatic N) is 1. The van der Waals surface area contributed by atoms with Crippen molar-refractivity contribution in [3.8, 4) is 28.6 Å². The minimum absolute atomic E-state index is 0.00403. The number of carbonyl (C=O) groups is 1. The number of hydrogen-bond acceptors (Lipinski definition) is 6. The minimum Gasteiger partial charge on any atom is -0.497 e. The maximum Gasteiger partial charge on any atom is 0.392 e. The Balaban J connectivity index is 1.57. The molecule has 0 saturated heterocycles. The Hall–Kier alpha value is -3.76. The van der Waals surface area contributed by atoms with Crippen LogP contribution in [0.5, 0.6) is 17.2 Å². The van der Waals surface area contributed by atoms with Gasteiger partial charge < -0.3 is 23.8 Å². The van der Waals surface area contributed by atoms with E-state index < -0.39 is 31.0 Å². The van der Waals surface area contributed by atoms with Crippen molar-refractivity contribution >= 4 is 5.97 Å². The summed E-state index contributed by atoms with van der Waals surface area (Å²) in [5, 5.41) is 13.1. The maximum absolute atomic E-state index is 14.6. The van der Waals surface area contributed by atoms with Gasteiger partial charge >= 0.3 is 12.1 Å². The van der Waals surface area contributed by atoms with E-state index in [1.807, 2.05) is 6.07 Å². The fraction of sp³-hybridized carbons (Fsp3) is 0.385. The van der Waals surface area contributed by atoms with Gasteiger partial charge in [0.1, 0.15) is 23.9 Å². The molecule has 1 heterocycles. The molecule has 1 aliphatic carbocycles. The van der Waals surface area contributed by atoms with E-state index in [1.165, 1.54) is 19.2 Å². The second kappa shape index (κ2) is 11.1. The summed E-state index contributed by atoms with van der Waals surface area (Å²) in [7, 11) is 1.38. The highest BCUT2D eigenvalue weighted by atomic mass is 19.4. The molecule has 37 heavy (non-hydrogen) atoms. The molecule has 1 fully saturated rings. The van der Waals surface area contributed by atoms with Crippen molar-refractivity contribution in [2.75, 3.05) is 13.7 Å². The molecule has 1 aliphatic rings. The van der Waals surface area contributed by atoms with Crippen LogP contribution in [0.25, 0.3) is 11.3 Å². The predicted octanol–water partition coefficient (Wildman–Crippen LogP) is 6.37. The van der Waals surface area contributed by atoms with Crippen LogP contribution in [-0.4, -0.2) is 36.1 Å². The summed E-state index contributed by atoms with van der Waals surface area (Å²) in [6.45, 7) is -0.975. The normalized spacial score (nSPS) is 14.3. The van der Waals surface area contributed by atoms with Gasteiger partial charge in [-0.1, -0.05) is 17.3 Å². The van der Waals surface area contributed by atoms with Gasteiger partial charge in [0.2, 0.25) is 5.76 Å². The first-order valence-electron chi connectivity index (χ1n) is 11.6. The number of hydrogen-bond donors (Lipinski definition) is 1. The zero-order chi connectivity index (χ0) is 26.6. The van der Waals surface area contributed by atoms with Crippen molar-refractivity contribution in [3.05, 3.63) is 59.5 Å². The van der Waals surface area contributed by atoms with Crippen molar-refractivity contribution < 1.29 is 46.2 Å². The molecule has 7 nitrogen and oxygen atoms in total. The molecule has 3 aromatic rings. The summed E-state index contributed by atoms with van der Waals surface area (Å²) < 4.78 is 74.3. The van der Waals surface area contributed by atoms with Crippen LogP contribution in [0.2, 0.25) is 0 Å². The SMILES string of the molecule is COc1ccc(F)c(-c2onc(COc3cccc([C@@H](CC(=O)O)C4CC4)c3)c2OCCC(F)(F)F)c1. The second-order valence-electron chi connectivity index (χ2n) is 8.75. The molecule has 0 amide bonds. The van der Waals surface area contributed by atoms with Crippen molar-refractivity contribution in [2.24, 2.45) is 5.92 Å². The van der Waals surface area contributed by atoms with E-state index in [0.717, 1.165) is 24.5 Å². The third kappa shape index (κ3) is 6.93. The monoisotopic (exact) mass is 523 g/mol. The first kappa shape index (κ1) is 26.3. The molecule has 0 spiro atoms. The summed E-state index contributed by atoms with van der Waals surface area (Å²) in [4.78, 5) is 11.3. The molecule has 198 valence electrons. The number of alkyl halides is 3. The third-order valence-electron chi connectivity index (χ3n) is 6.01. The Kier molecular flexibility index (Phi) is 7.89. The van der Waals surface area contributed by atoms with Gasteiger partial charge in [0.05, 0.1) is 32.1 Å². The number of carboxylic acids is 1. The summed E-state index contributed by atoms with van der Waals surface area (Å²) in [6.07, 6.45) is -3.76. The number of benzene rings is 2. The molecular formula is C26H25F4NO6. The molecule has 11 heteroatoms. The highest BCUT2D eigenvalue weighted by Crippen LogP contribution is 2.45. The molecular weight excluding hydrogens is 498 g/mol. The van der Waals surface area contributed by atoms with E-state index in [9.17, 15) is 27.5 Å². The first-order chi connectivity index (χ1) is 17.6. The third-order valence-corrected chi connectivity index (χ3v) is 6.01. The smallest absolute Gasteiger partial charge is 0.392 e. The Bertz CT molecular complexity index is 1240. The summed E-state index contributed by atoms with van der Waals surface area (Å²) >= 11 is 0. The standard InChI is InChI=1S/C26H25F4NO6/c1-34-17-7-8-21(27)20(12-17)24-25(35-10-9-26(28,29)30)22(31-37-24)14-36-18-4-2-3-16(11-18)19(13-23(32)33)15-5-6-15/h2-4,7-8,11-12,15,19H,5-6,9-10,13-14H2,1H3,(H,32,33)/t19-/m0/s1. The van der Waals surface area contributed by atoms with Crippen LogP contribution in [0.3, 0.4) is 0 Å². The number of aromatic nitrogens is 1. The second-order valence-corrected chi connectivity index (χ2v) is 8.75. The lowest BCUT2D eigenvalue weighted by atomic mass is 9.91. The number of aliphatic carboxylic acids is 1. The summed E-state index contributed by atoms with van der Waals surface area (Å²) in [6, 6.07) is 10.8. The average molecular weight is 523 g/mol. The lowest BCUT2D eigenvalue weighted by molar-refractivity contribution is -0.140. The molecule has 0 radical (unpaired) electrons. The molecule has 1 N–H and O–H groups in total. The molecule has 0 unspecified atom stereocenters. The lowest BCUT2D eigenvalue weighted by Gasteiger charge is -2.16. The van der Waals surface area contributed by atoms with E-state index in [1.54, 1.807) is 18.2 Å². The average Bonchev–Trinajstić information content (AvgIpc) is 3.62. The van der Waals surface area contributed by atoms with E-state index in [4.69, 9.17) is 18.7 Å². The zero-order valence-corrected chi connectivity index (χ0v) is 19.9. The number of halogens is 4. The van der Waals surface area contributed by atoms with Crippen molar-refractivity contribution in [2.45, 2.75) is 44.4 Å². The van der Waals surface area contributed by atoms with Gasteiger partial charge in [-0.2, -0.15) is 13.2 Å². The van der Waals surface area contributed by atoms with Gasteiger partial charge in [0.25, 0.3) is 0 Å². The van der Waals surface area contributed by atoms with Gasteiger partial charge in [-0.15, -0.1) is 0 Å². The molecule has 1 aromatic heterocycles. The van der Waals surface area contributed by atoms with Crippen molar-refractivity contribution in [1.29, 1.82) is 0 Å². The topological polar surface area (TPSA) is 91.0 Å². The Labute approximate surface area is 209 Å². The largest absolute Gasteiger partial charge is 0.497 e. The number of carboxylic acid groups (broad SMARTS) is 1.